The standard InChI is InChI=1S/C36H34N6O5/c1-35-18-10-21-40(25-14-6-3-7-15-25)32(44)29(35)30-33(45)42(28(22-43)24-12-4-2-5-13-24)31-34(46)39(20-11-19-36(30,31)47-35)23-41-27-17-9-8-16-26(27)37-38-41/h2-19,28-31,43H,20-23H2,1H3/t28-,29+,30+,31?,35-,36+/m1/s1. The Morgan fingerprint density at radius 1 is 0.851 bits per heavy atom. The molecule has 1 unspecified atom stereocenters. The van der Waals surface area contributed by atoms with E-state index in [-0.39, 0.29) is 25.0 Å². The van der Waals surface area contributed by atoms with Gasteiger partial charge in [-0.2, -0.15) is 0 Å². The molecule has 8 rings (SSSR count). The molecule has 11 nitrogen and oxygen atoms in total. The van der Waals surface area contributed by atoms with Gasteiger partial charge in [-0.1, -0.05) is 90.2 Å². The molecule has 2 saturated heterocycles. The van der Waals surface area contributed by atoms with E-state index in [9.17, 15) is 19.5 Å². The topological polar surface area (TPSA) is 121 Å². The molecule has 6 atom stereocenters. The molecule has 3 amide bonds. The first-order valence-corrected chi connectivity index (χ1v) is 15.8. The molecule has 238 valence electrons. The number of fused-ring (bicyclic) bond motifs is 3. The van der Waals surface area contributed by atoms with Gasteiger partial charge < -0.3 is 24.5 Å². The van der Waals surface area contributed by atoms with Gasteiger partial charge in [0.1, 0.15) is 23.8 Å². The van der Waals surface area contributed by atoms with Crippen LogP contribution >= 0.6 is 0 Å². The van der Waals surface area contributed by atoms with E-state index in [0.717, 1.165) is 5.52 Å². The van der Waals surface area contributed by atoms with Crippen LogP contribution in [-0.4, -0.2) is 84.6 Å². The van der Waals surface area contributed by atoms with Crippen LogP contribution in [0.15, 0.2) is 109 Å². The quantitative estimate of drug-likeness (QED) is 0.325. The summed E-state index contributed by atoms with van der Waals surface area (Å²) in [5, 5.41) is 19.4. The van der Waals surface area contributed by atoms with Crippen LogP contribution in [0.4, 0.5) is 5.69 Å². The number of carbonyl (C=O) groups is 3. The van der Waals surface area contributed by atoms with E-state index < -0.39 is 47.6 Å². The highest BCUT2D eigenvalue weighted by molar-refractivity contribution is 6.04. The Morgan fingerprint density at radius 2 is 1.55 bits per heavy atom. The zero-order valence-electron chi connectivity index (χ0n) is 25.8. The summed E-state index contributed by atoms with van der Waals surface area (Å²) in [5.74, 6) is -2.98. The number of para-hydroxylation sites is 2. The second kappa shape index (κ2) is 11.0. The predicted molar refractivity (Wildman–Crippen MR) is 172 cm³/mol. The maximum Gasteiger partial charge on any atom is 0.250 e. The van der Waals surface area contributed by atoms with Gasteiger partial charge in [0.25, 0.3) is 5.91 Å². The third-order valence-electron chi connectivity index (χ3n) is 10.1. The first-order chi connectivity index (χ1) is 22.9. The van der Waals surface area contributed by atoms with Gasteiger partial charge in [-0.05, 0) is 36.8 Å². The SMILES string of the molecule is C[C@@]12C=CCN(c3ccccc3)C(=O)[C@@H]1[C@H]1C(=O)N([C@H](CO)c3ccccc3)C3C(=O)N(Cn4nnc5ccccc54)CC=C[C@@]31O2. The molecule has 3 aromatic carbocycles. The van der Waals surface area contributed by atoms with Crippen LogP contribution in [-0.2, 0) is 25.8 Å². The van der Waals surface area contributed by atoms with E-state index >= 15 is 0 Å². The van der Waals surface area contributed by atoms with Crippen molar-refractivity contribution in [3.8, 4) is 0 Å². The summed E-state index contributed by atoms with van der Waals surface area (Å²) >= 11 is 0. The van der Waals surface area contributed by atoms with Crippen LogP contribution in [0.3, 0.4) is 0 Å². The Hall–Kier alpha value is -5.13. The first-order valence-electron chi connectivity index (χ1n) is 15.8. The zero-order valence-corrected chi connectivity index (χ0v) is 25.8. The zero-order chi connectivity index (χ0) is 32.3. The summed E-state index contributed by atoms with van der Waals surface area (Å²) in [4.78, 5) is 49.3. The molecule has 0 saturated carbocycles. The third kappa shape index (κ3) is 4.37. The Morgan fingerprint density at radius 3 is 2.32 bits per heavy atom. The van der Waals surface area contributed by atoms with Crippen molar-refractivity contribution >= 4 is 34.4 Å². The third-order valence-corrected chi connectivity index (χ3v) is 10.1. The molecule has 4 aliphatic heterocycles. The minimum atomic E-state index is -1.48. The molecule has 11 heteroatoms. The minimum Gasteiger partial charge on any atom is -0.394 e. The molecular formula is C36H34N6O5. The lowest BCUT2D eigenvalue weighted by Crippen LogP contribution is -2.57. The largest absolute Gasteiger partial charge is 0.394 e. The number of likely N-dealkylation sites (tertiary alicyclic amines) is 1. The van der Waals surface area contributed by atoms with Crippen LogP contribution in [0, 0.1) is 11.8 Å². The molecule has 5 heterocycles. The van der Waals surface area contributed by atoms with Crippen molar-refractivity contribution in [3.63, 3.8) is 0 Å². The summed E-state index contributed by atoms with van der Waals surface area (Å²) in [6.45, 7) is 2.02. The van der Waals surface area contributed by atoms with Gasteiger partial charge in [0.05, 0.1) is 35.6 Å². The van der Waals surface area contributed by atoms with Crippen molar-refractivity contribution < 1.29 is 24.2 Å². The van der Waals surface area contributed by atoms with Crippen LogP contribution in [0.5, 0.6) is 0 Å². The van der Waals surface area contributed by atoms with Crippen molar-refractivity contribution in [3.05, 3.63) is 115 Å². The molecule has 1 aromatic heterocycles. The van der Waals surface area contributed by atoms with Gasteiger partial charge in [0, 0.05) is 18.8 Å². The van der Waals surface area contributed by atoms with Gasteiger partial charge in [-0.15, -0.1) is 5.10 Å². The highest BCUT2D eigenvalue weighted by atomic mass is 16.5. The molecule has 2 fully saturated rings. The van der Waals surface area contributed by atoms with Crippen molar-refractivity contribution in [1.82, 2.24) is 24.8 Å². The lowest BCUT2D eigenvalue weighted by molar-refractivity contribution is -0.155. The summed E-state index contributed by atoms with van der Waals surface area (Å²) in [7, 11) is 0. The number of benzene rings is 3. The fraction of sp³-hybridized carbons (Fsp3) is 0.306. The number of hydrogen-bond acceptors (Lipinski definition) is 7. The molecular weight excluding hydrogens is 596 g/mol. The summed E-state index contributed by atoms with van der Waals surface area (Å²) < 4.78 is 8.65. The maximum absolute atomic E-state index is 15.0. The normalized spacial score (nSPS) is 29.1. The Labute approximate surface area is 271 Å². The van der Waals surface area contributed by atoms with Crippen LogP contribution in [0.1, 0.15) is 18.5 Å². The summed E-state index contributed by atoms with van der Waals surface area (Å²) in [6.07, 6.45) is 7.41. The Balaban J connectivity index is 1.26. The lowest BCUT2D eigenvalue weighted by atomic mass is 9.74. The van der Waals surface area contributed by atoms with Gasteiger partial charge in [0.15, 0.2) is 0 Å². The summed E-state index contributed by atoms with van der Waals surface area (Å²) in [6, 6.07) is 24.0. The summed E-state index contributed by atoms with van der Waals surface area (Å²) in [5.41, 5.74) is 0.200. The predicted octanol–water partition coefficient (Wildman–Crippen LogP) is 3.09. The van der Waals surface area contributed by atoms with Gasteiger partial charge in [-0.25, -0.2) is 4.68 Å². The lowest BCUT2D eigenvalue weighted by Gasteiger charge is -2.40. The molecule has 47 heavy (non-hydrogen) atoms. The number of amides is 3. The van der Waals surface area contributed by atoms with Crippen LogP contribution in [0.25, 0.3) is 11.0 Å². The van der Waals surface area contributed by atoms with Crippen molar-refractivity contribution in [2.24, 2.45) is 11.8 Å². The van der Waals surface area contributed by atoms with E-state index in [1.807, 2.05) is 116 Å². The second-order valence-electron chi connectivity index (χ2n) is 12.7. The van der Waals surface area contributed by atoms with E-state index in [4.69, 9.17) is 4.74 Å². The smallest absolute Gasteiger partial charge is 0.250 e. The molecule has 1 N–H and O–H groups in total. The average molecular weight is 631 g/mol. The van der Waals surface area contributed by atoms with E-state index in [0.29, 0.717) is 23.3 Å². The number of hydrogen-bond donors (Lipinski definition) is 1. The number of anilines is 1. The number of aliphatic hydroxyl groups is 1. The van der Waals surface area contributed by atoms with E-state index in [1.165, 1.54) is 4.90 Å². The van der Waals surface area contributed by atoms with Gasteiger partial charge in [-0.3, -0.25) is 14.4 Å². The fourth-order valence-corrected chi connectivity index (χ4v) is 8.02. The average Bonchev–Trinajstić information content (AvgIpc) is 3.62. The Bertz CT molecular complexity index is 1930. The molecule has 0 radical (unpaired) electrons. The number of rotatable bonds is 6. The number of nitrogens with zero attached hydrogens (tertiary/aromatic N) is 6. The van der Waals surface area contributed by atoms with Gasteiger partial charge in [0.2, 0.25) is 11.8 Å². The van der Waals surface area contributed by atoms with Crippen LogP contribution < -0.4 is 4.90 Å². The monoisotopic (exact) mass is 630 g/mol. The van der Waals surface area contributed by atoms with Crippen molar-refractivity contribution in [2.45, 2.75) is 36.9 Å². The fourth-order valence-electron chi connectivity index (χ4n) is 8.02. The first kappa shape index (κ1) is 29.3. The minimum absolute atomic E-state index is 0.0827. The highest BCUT2D eigenvalue weighted by Gasteiger charge is 2.75. The van der Waals surface area contributed by atoms with E-state index in [2.05, 4.69) is 10.3 Å². The molecule has 1 spiro atoms. The number of aliphatic hydroxyl groups excluding tert-OH is 1. The highest BCUT2D eigenvalue weighted by Crippen LogP contribution is 2.59. The Kier molecular flexibility index (Phi) is 6.85. The molecule has 0 aliphatic carbocycles. The van der Waals surface area contributed by atoms with Crippen LogP contribution in [0.2, 0.25) is 0 Å². The number of ether oxygens (including phenoxy) is 1. The second-order valence-corrected chi connectivity index (χ2v) is 12.7. The molecule has 0 bridgehead atoms. The van der Waals surface area contributed by atoms with E-state index in [1.54, 1.807) is 14.5 Å². The number of carbonyl (C=O) groups excluding carboxylic acids is 3. The molecule has 4 aromatic rings. The van der Waals surface area contributed by atoms with Crippen molar-refractivity contribution in [2.75, 3.05) is 24.6 Å². The molecule has 4 aliphatic rings. The number of aromatic nitrogens is 3. The maximum atomic E-state index is 15.0. The van der Waals surface area contributed by atoms with Crippen molar-refractivity contribution in [1.29, 1.82) is 0 Å². The van der Waals surface area contributed by atoms with Gasteiger partial charge >= 0.3 is 0 Å².